The number of carbonyl (C=O) groups excluding carboxylic acids is 1. The molecule has 24 heavy (non-hydrogen) atoms. The highest BCUT2D eigenvalue weighted by molar-refractivity contribution is 5.95. The van der Waals surface area contributed by atoms with Gasteiger partial charge in [0.25, 0.3) is 5.91 Å². The molecule has 0 bridgehead atoms. The lowest BCUT2D eigenvalue weighted by molar-refractivity contribution is 0.0924. The molecule has 3 aromatic rings. The molecular weight excluding hydrogens is 310 g/mol. The number of carbonyl (C=O) groups is 1. The smallest absolute Gasteiger partial charge is 0.251 e. The van der Waals surface area contributed by atoms with Gasteiger partial charge in [0.15, 0.2) is 5.65 Å². The SMILES string of the molecule is Cc1cc(C[C@@H]2COC[C@@H]2NC(=O)c2ccn3ncnc3c2)on1. The fraction of sp³-hybridized carbons (Fsp3) is 0.375. The van der Waals surface area contributed by atoms with E-state index in [0.29, 0.717) is 30.8 Å². The van der Waals surface area contributed by atoms with Crippen molar-refractivity contribution in [1.29, 1.82) is 0 Å². The van der Waals surface area contributed by atoms with Crippen LogP contribution >= 0.6 is 0 Å². The molecule has 4 heterocycles. The molecule has 0 aromatic carbocycles. The first-order valence-electron chi connectivity index (χ1n) is 7.79. The third-order valence-electron chi connectivity index (χ3n) is 4.20. The summed E-state index contributed by atoms with van der Waals surface area (Å²) in [4.78, 5) is 16.6. The number of nitrogens with zero attached hydrogens (tertiary/aromatic N) is 4. The maximum atomic E-state index is 12.5. The number of hydrogen-bond acceptors (Lipinski definition) is 6. The highest BCUT2D eigenvalue weighted by atomic mass is 16.5. The zero-order valence-electron chi connectivity index (χ0n) is 13.2. The van der Waals surface area contributed by atoms with Gasteiger partial charge in [0, 0.05) is 30.2 Å². The van der Waals surface area contributed by atoms with Gasteiger partial charge < -0.3 is 14.6 Å². The number of aryl methyl sites for hydroxylation is 1. The van der Waals surface area contributed by atoms with E-state index in [-0.39, 0.29) is 17.9 Å². The lowest BCUT2D eigenvalue weighted by Crippen LogP contribution is -2.40. The van der Waals surface area contributed by atoms with Crippen molar-refractivity contribution in [2.24, 2.45) is 5.92 Å². The molecule has 0 saturated carbocycles. The number of hydrogen-bond donors (Lipinski definition) is 1. The number of rotatable bonds is 4. The van der Waals surface area contributed by atoms with E-state index in [1.54, 1.807) is 22.8 Å². The number of nitrogens with one attached hydrogen (secondary N) is 1. The lowest BCUT2D eigenvalue weighted by Gasteiger charge is -2.18. The van der Waals surface area contributed by atoms with Gasteiger partial charge in [-0.15, -0.1) is 0 Å². The lowest BCUT2D eigenvalue weighted by atomic mass is 9.98. The molecule has 0 aliphatic carbocycles. The Hall–Kier alpha value is -2.74. The molecule has 124 valence electrons. The summed E-state index contributed by atoms with van der Waals surface area (Å²) in [5, 5.41) is 11.0. The van der Waals surface area contributed by atoms with Crippen LogP contribution in [0.15, 0.2) is 35.2 Å². The second-order valence-corrected chi connectivity index (χ2v) is 5.99. The predicted octanol–water partition coefficient (Wildman–Crippen LogP) is 1.01. The first kappa shape index (κ1) is 14.8. The number of fused-ring (bicyclic) bond motifs is 1. The van der Waals surface area contributed by atoms with Crippen molar-refractivity contribution < 1.29 is 14.1 Å². The quantitative estimate of drug-likeness (QED) is 0.768. The summed E-state index contributed by atoms with van der Waals surface area (Å²) in [5.41, 5.74) is 2.04. The molecule has 1 saturated heterocycles. The summed E-state index contributed by atoms with van der Waals surface area (Å²) in [6, 6.07) is 5.29. The molecule has 8 heteroatoms. The Morgan fingerprint density at radius 1 is 1.42 bits per heavy atom. The zero-order valence-corrected chi connectivity index (χ0v) is 13.2. The highest BCUT2D eigenvalue weighted by Crippen LogP contribution is 2.20. The number of amides is 1. The number of aromatic nitrogens is 4. The first-order valence-corrected chi connectivity index (χ1v) is 7.79. The molecule has 1 aliphatic heterocycles. The molecule has 1 N–H and O–H groups in total. The van der Waals surface area contributed by atoms with Gasteiger partial charge in [-0.25, -0.2) is 9.50 Å². The van der Waals surface area contributed by atoms with E-state index in [0.717, 1.165) is 11.5 Å². The van der Waals surface area contributed by atoms with Crippen LogP contribution in [0.2, 0.25) is 0 Å². The van der Waals surface area contributed by atoms with Crippen molar-refractivity contribution in [3.05, 3.63) is 47.7 Å². The Morgan fingerprint density at radius 2 is 2.33 bits per heavy atom. The predicted molar refractivity (Wildman–Crippen MR) is 83.5 cm³/mol. The monoisotopic (exact) mass is 327 g/mol. The number of ether oxygens (including phenoxy) is 1. The average molecular weight is 327 g/mol. The molecule has 1 aliphatic rings. The summed E-state index contributed by atoms with van der Waals surface area (Å²) in [7, 11) is 0. The largest absolute Gasteiger partial charge is 0.379 e. The molecule has 8 nitrogen and oxygen atoms in total. The Bertz CT molecular complexity index is 871. The molecule has 1 amide bonds. The average Bonchev–Trinajstić information content (AvgIpc) is 3.29. The summed E-state index contributed by atoms with van der Waals surface area (Å²) in [6.07, 6.45) is 3.86. The van der Waals surface area contributed by atoms with Gasteiger partial charge >= 0.3 is 0 Å². The fourth-order valence-corrected chi connectivity index (χ4v) is 2.94. The summed E-state index contributed by atoms with van der Waals surface area (Å²) < 4.78 is 12.4. The van der Waals surface area contributed by atoms with Crippen molar-refractivity contribution in [1.82, 2.24) is 25.1 Å². The summed E-state index contributed by atoms with van der Waals surface area (Å²) in [5.74, 6) is 0.833. The Labute approximate surface area is 137 Å². The third kappa shape index (κ3) is 2.88. The second kappa shape index (κ2) is 6.04. The third-order valence-corrected chi connectivity index (χ3v) is 4.20. The number of pyridine rings is 1. The molecule has 1 fully saturated rings. The van der Waals surface area contributed by atoms with Crippen LogP contribution in [-0.4, -0.2) is 44.9 Å². The molecular formula is C16H17N5O3. The van der Waals surface area contributed by atoms with E-state index in [1.807, 2.05) is 13.0 Å². The van der Waals surface area contributed by atoms with E-state index >= 15 is 0 Å². The molecule has 0 unspecified atom stereocenters. The van der Waals surface area contributed by atoms with Crippen molar-refractivity contribution in [2.75, 3.05) is 13.2 Å². The van der Waals surface area contributed by atoms with Crippen LogP contribution in [0.5, 0.6) is 0 Å². The Balaban J connectivity index is 1.45. The van der Waals surface area contributed by atoms with Gasteiger partial charge in [-0.2, -0.15) is 5.10 Å². The maximum absolute atomic E-state index is 12.5. The van der Waals surface area contributed by atoms with Crippen molar-refractivity contribution in [2.45, 2.75) is 19.4 Å². The van der Waals surface area contributed by atoms with Crippen LogP contribution in [0.25, 0.3) is 5.65 Å². The molecule has 4 rings (SSSR count). The van der Waals surface area contributed by atoms with E-state index in [2.05, 4.69) is 20.6 Å². The van der Waals surface area contributed by atoms with Crippen LogP contribution in [0, 0.1) is 12.8 Å². The van der Waals surface area contributed by atoms with Crippen LogP contribution in [0.3, 0.4) is 0 Å². The zero-order chi connectivity index (χ0) is 16.5. The van der Waals surface area contributed by atoms with Gasteiger partial charge in [0.1, 0.15) is 12.1 Å². The summed E-state index contributed by atoms with van der Waals surface area (Å²) >= 11 is 0. The van der Waals surface area contributed by atoms with Crippen LogP contribution in [0.4, 0.5) is 0 Å². The van der Waals surface area contributed by atoms with Crippen LogP contribution in [0.1, 0.15) is 21.8 Å². The van der Waals surface area contributed by atoms with Crippen LogP contribution < -0.4 is 5.32 Å². The van der Waals surface area contributed by atoms with E-state index in [1.165, 1.54) is 6.33 Å². The molecule has 0 radical (unpaired) electrons. The van der Waals surface area contributed by atoms with Gasteiger partial charge in [0.05, 0.1) is 24.9 Å². The fourth-order valence-electron chi connectivity index (χ4n) is 2.94. The standard InChI is InChI=1S/C16H17N5O3/c1-10-4-13(24-20-10)5-12-7-23-8-14(12)19-16(22)11-2-3-21-15(6-11)17-9-18-21/h2-4,6,9,12,14H,5,7-8H2,1H3,(H,19,22)/t12-,14+/m1/s1. The minimum absolute atomic E-state index is 0.0583. The second-order valence-electron chi connectivity index (χ2n) is 5.99. The van der Waals surface area contributed by atoms with E-state index in [9.17, 15) is 4.79 Å². The minimum Gasteiger partial charge on any atom is -0.379 e. The van der Waals surface area contributed by atoms with Crippen molar-refractivity contribution >= 4 is 11.6 Å². The maximum Gasteiger partial charge on any atom is 0.251 e. The van der Waals surface area contributed by atoms with Gasteiger partial charge in [-0.05, 0) is 19.1 Å². The minimum atomic E-state index is -0.144. The topological polar surface area (TPSA) is 94.5 Å². The normalized spacial score (nSPS) is 20.5. The van der Waals surface area contributed by atoms with E-state index in [4.69, 9.17) is 9.26 Å². The van der Waals surface area contributed by atoms with E-state index < -0.39 is 0 Å². The van der Waals surface area contributed by atoms with Crippen LogP contribution in [-0.2, 0) is 11.2 Å². The van der Waals surface area contributed by atoms with Gasteiger partial charge in [0.2, 0.25) is 0 Å². The molecule has 3 aromatic heterocycles. The van der Waals surface area contributed by atoms with Gasteiger partial charge in [-0.3, -0.25) is 4.79 Å². The van der Waals surface area contributed by atoms with Crippen molar-refractivity contribution in [3.8, 4) is 0 Å². The summed E-state index contributed by atoms with van der Waals surface area (Å²) in [6.45, 7) is 2.97. The molecule has 0 spiro atoms. The Morgan fingerprint density at radius 3 is 3.17 bits per heavy atom. The van der Waals surface area contributed by atoms with Gasteiger partial charge in [-0.1, -0.05) is 5.16 Å². The Kier molecular flexibility index (Phi) is 3.73. The highest BCUT2D eigenvalue weighted by Gasteiger charge is 2.31. The molecule has 2 atom stereocenters. The first-order chi connectivity index (χ1) is 11.7. The van der Waals surface area contributed by atoms with Crippen molar-refractivity contribution in [3.63, 3.8) is 0 Å².